The lowest BCUT2D eigenvalue weighted by Gasteiger charge is -2.37. The Morgan fingerprint density at radius 1 is 1.38 bits per heavy atom. The van der Waals surface area contributed by atoms with Gasteiger partial charge >= 0.3 is 0 Å². The fourth-order valence-electron chi connectivity index (χ4n) is 3.17. The number of carbonyl (C=O) groups excluding carboxylic acids is 1. The van der Waals surface area contributed by atoms with Gasteiger partial charge in [0.05, 0.1) is 6.54 Å². The maximum atomic E-state index is 11.5. The Labute approximate surface area is 97.6 Å². The number of nitrogens with two attached hydrogens (primary N) is 1. The molecular formula is C12H23N3O. The SMILES string of the molecule is CN(C)CC(=O)NCC1CC2CC(N)C2C1. The first-order valence-electron chi connectivity index (χ1n) is 6.23. The second-order valence-corrected chi connectivity index (χ2v) is 5.70. The van der Waals surface area contributed by atoms with Crippen LogP contribution in [0.2, 0.25) is 0 Å². The van der Waals surface area contributed by atoms with Gasteiger partial charge in [0.1, 0.15) is 0 Å². The topological polar surface area (TPSA) is 58.4 Å². The molecule has 0 saturated heterocycles. The van der Waals surface area contributed by atoms with Gasteiger partial charge in [0.2, 0.25) is 5.91 Å². The van der Waals surface area contributed by atoms with Crippen molar-refractivity contribution in [1.29, 1.82) is 0 Å². The largest absolute Gasteiger partial charge is 0.355 e. The zero-order valence-electron chi connectivity index (χ0n) is 10.3. The van der Waals surface area contributed by atoms with Crippen LogP contribution in [0.3, 0.4) is 0 Å². The molecule has 0 heterocycles. The van der Waals surface area contributed by atoms with Crippen molar-refractivity contribution in [2.24, 2.45) is 23.5 Å². The second-order valence-electron chi connectivity index (χ2n) is 5.70. The highest BCUT2D eigenvalue weighted by Gasteiger charge is 2.45. The highest BCUT2D eigenvalue weighted by atomic mass is 16.1. The van der Waals surface area contributed by atoms with Crippen LogP contribution in [0.1, 0.15) is 19.3 Å². The molecule has 2 rings (SSSR count). The number of hydrogen-bond acceptors (Lipinski definition) is 3. The summed E-state index contributed by atoms with van der Waals surface area (Å²) in [6.45, 7) is 1.32. The average molecular weight is 225 g/mol. The molecular weight excluding hydrogens is 202 g/mol. The fraction of sp³-hybridized carbons (Fsp3) is 0.917. The molecule has 0 radical (unpaired) electrons. The summed E-state index contributed by atoms with van der Waals surface area (Å²) in [7, 11) is 3.82. The number of fused-ring (bicyclic) bond motifs is 1. The van der Waals surface area contributed by atoms with E-state index in [4.69, 9.17) is 5.73 Å². The van der Waals surface area contributed by atoms with E-state index in [1.807, 2.05) is 19.0 Å². The van der Waals surface area contributed by atoms with E-state index in [0.29, 0.717) is 18.5 Å². The lowest BCUT2D eigenvalue weighted by molar-refractivity contribution is -0.121. The van der Waals surface area contributed by atoms with Gasteiger partial charge in [-0.2, -0.15) is 0 Å². The molecule has 2 aliphatic carbocycles. The number of amides is 1. The normalized spacial score (nSPS) is 37.0. The maximum Gasteiger partial charge on any atom is 0.234 e. The molecule has 0 spiro atoms. The molecule has 0 aromatic carbocycles. The Morgan fingerprint density at radius 3 is 2.69 bits per heavy atom. The molecule has 0 aromatic rings. The standard InChI is InChI=1S/C12H23N3O/c1-15(2)7-12(16)14-6-8-3-9-5-11(13)10(9)4-8/h8-11H,3-7,13H2,1-2H3,(H,14,16). The monoisotopic (exact) mass is 225 g/mol. The molecule has 2 fully saturated rings. The summed E-state index contributed by atoms with van der Waals surface area (Å²) in [4.78, 5) is 13.4. The number of rotatable bonds is 4. The van der Waals surface area contributed by atoms with E-state index in [-0.39, 0.29) is 5.91 Å². The van der Waals surface area contributed by atoms with Crippen molar-refractivity contribution in [2.75, 3.05) is 27.2 Å². The van der Waals surface area contributed by atoms with Crippen LogP contribution in [-0.2, 0) is 4.79 Å². The number of hydrogen-bond donors (Lipinski definition) is 2. The molecule has 92 valence electrons. The van der Waals surface area contributed by atoms with E-state index in [0.717, 1.165) is 18.4 Å². The first kappa shape index (κ1) is 11.9. The van der Waals surface area contributed by atoms with Crippen molar-refractivity contribution < 1.29 is 4.79 Å². The fourth-order valence-corrected chi connectivity index (χ4v) is 3.17. The minimum Gasteiger partial charge on any atom is -0.355 e. The first-order chi connectivity index (χ1) is 7.56. The van der Waals surface area contributed by atoms with Crippen LogP contribution in [0, 0.1) is 17.8 Å². The summed E-state index contributed by atoms with van der Waals surface area (Å²) >= 11 is 0. The van der Waals surface area contributed by atoms with Crippen LogP contribution in [0.25, 0.3) is 0 Å². The molecule has 0 aliphatic heterocycles. The minimum atomic E-state index is 0.133. The van der Waals surface area contributed by atoms with Crippen LogP contribution in [-0.4, -0.2) is 44.0 Å². The Hall–Kier alpha value is -0.610. The van der Waals surface area contributed by atoms with Gasteiger partial charge in [-0.05, 0) is 51.1 Å². The van der Waals surface area contributed by atoms with Gasteiger partial charge in [-0.3, -0.25) is 4.79 Å². The summed E-state index contributed by atoms with van der Waals surface area (Å²) in [6, 6.07) is 0.437. The van der Waals surface area contributed by atoms with Gasteiger partial charge in [0, 0.05) is 12.6 Å². The number of nitrogens with one attached hydrogen (secondary N) is 1. The molecule has 3 N–H and O–H groups in total. The molecule has 0 aromatic heterocycles. The quantitative estimate of drug-likeness (QED) is 0.710. The molecule has 4 heteroatoms. The number of nitrogens with zero attached hydrogens (tertiary/aromatic N) is 1. The van der Waals surface area contributed by atoms with E-state index < -0.39 is 0 Å². The zero-order chi connectivity index (χ0) is 11.7. The predicted molar refractivity (Wildman–Crippen MR) is 63.9 cm³/mol. The summed E-state index contributed by atoms with van der Waals surface area (Å²) in [5.41, 5.74) is 5.95. The Balaban J connectivity index is 1.66. The molecule has 4 atom stereocenters. The van der Waals surface area contributed by atoms with Crippen molar-refractivity contribution >= 4 is 5.91 Å². The summed E-state index contributed by atoms with van der Waals surface area (Å²) in [5, 5.41) is 3.02. The lowest BCUT2D eigenvalue weighted by atomic mass is 9.72. The lowest BCUT2D eigenvalue weighted by Crippen LogP contribution is -2.44. The van der Waals surface area contributed by atoms with Crippen molar-refractivity contribution in [3.63, 3.8) is 0 Å². The smallest absolute Gasteiger partial charge is 0.234 e. The van der Waals surface area contributed by atoms with Gasteiger partial charge in [-0.25, -0.2) is 0 Å². The third-order valence-corrected chi connectivity index (χ3v) is 4.02. The Bertz CT molecular complexity index is 267. The summed E-state index contributed by atoms with van der Waals surface area (Å²) < 4.78 is 0. The highest BCUT2D eigenvalue weighted by molar-refractivity contribution is 5.77. The van der Waals surface area contributed by atoms with Gasteiger partial charge in [-0.1, -0.05) is 0 Å². The van der Waals surface area contributed by atoms with Crippen LogP contribution in [0.4, 0.5) is 0 Å². The van der Waals surface area contributed by atoms with Crippen LogP contribution < -0.4 is 11.1 Å². The van der Waals surface area contributed by atoms with Gasteiger partial charge in [-0.15, -0.1) is 0 Å². The molecule has 4 nitrogen and oxygen atoms in total. The van der Waals surface area contributed by atoms with E-state index in [2.05, 4.69) is 5.32 Å². The van der Waals surface area contributed by atoms with E-state index in [9.17, 15) is 4.79 Å². The van der Waals surface area contributed by atoms with Gasteiger partial charge in [0.15, 0.2) is 0 Å². The Morgan fingerprint density at radius 2 is 2.12 bits per heavy atom. The second kappa shape index (κ2) is 4.72. The summed E-state index contributed by atoms with van der Waals surface area (Å²) in [5.74, 6) is 2.39. The third kappa shape index (κ3) is 2.55. The van der Waals surface area contributed by atoms with Crippen molar-refractivity contribution in [3.05, 3.63) is 0 Å². The van der Waals surface area contributed by atoms with Crippen molar-refractivity contribution in [3.8, 4) is 0 Å². The van der Waals surface area contributed by atoms with E-state index in [1.165, 1.54) is 19.3 Å². The van der Waals surface area contributed by atoms with Gasteiger partial charge in [0.25, 0.3) is 0 Å². The maximum absolute atomic E-state index is 11.5. The van der Waals surface area contributed by atoms with E-state index >= 15 is 0 Å². The molecule has 0 bridgehead atoms. The average Bonchev–Trinajstić information content (AvgIpc) is 2.51. The van der Waals surface area contributed by atoms with E-state index in [1.54, 1.807) is 0 Å². The van der Waals surface area contributed by atoms with Crippen LogP contribution in [0.15, 0.2) is 0 Å². The van der Waals surface area contributed by atoms with Crippen LogP contribution >= 0.6 is 0 Å². The zero-order valence-corrected chi connectivity index (χ0v) is 10.3. The highest BCUT2D eigenvalue weighted by Crippen LogP contribution is 2.48. The van der Waals surface area contributed by atoms with Gasteiger partial charge < -0.3 is 16.0 Å². The predicted octanol–water partition coefficient (Wildman–Crippen LogP) is 0.0376. The Kier molecular flexibility index (Phi) is 3.50. The van der Waals surface area contributed by atoms with Crippen molar-refractivity contribution in [1.82, 2.24) is 10.2 Å². The molecule has 2 aliphatic rings. The van der Waals surface area contributed by atoms with Crippen LogP contribution in [0.5, 0.6) is 0 Å². The number of carbonyl (C=O) groups is 1. The molecule has 1 amide bonds. The third-order valence-electron chi connectivity index (χ3n) is 4.02. The molecule has 2 saturated carbocycles. The molecule has 4 unspecified atom stereocenters. The first-order valence-corrected chi connectivity index (χ1v) is 6.23. The molecule has 16 heavy (non-hydrogen) atoms. The summed E-state index contributed by atoms with van der Waals surface area (Å²) in [6.07, 6.45) is 3.68. The van der Waals surface area contributed by atoms with Crippen molar-refractivity contribution in [2.45, 2.75) is 25.3 Å². The minimum absolute atomic E-state index is 0.133. The number of likely N-dealkylation sites (N-methyl/N-ethyl adjacent to an activating group) is 1.